The molecule has 13 heavy (non-hydrogen) atoms. The Balaban J connectivity index is 3.11. The average molecular weight is 199 g/mol. The van der Waals surface area contributed by atoms with Gasteiger partial charge in [-0.1, -0.05) is 30.3 Å². The maximum atomic E-state index is 11.0. The summed E-state index contributed by atoms with van der Waals surface area (Å²) >= 11 is 5.66. The van der Waals surface area contributed by atoms with Gasteiger partial charge in [0.15, 0.2) is 0 Å². The molecule has 1 atom stereocenters. The van der Waals surface area contributed by atoms with E-state index in [1.165, 1.54) is 0 Å². The first-order valence-electron chi connectivity index (χ1n) is 3.96. The molecule has 0 bridgehead atoms. The molecule has 3 heteroatoms. The van der Waals surface area contributed by atoms with Crippen LogP contribution in [0.5, 0.6) is 0 Å². The lowest BCUT2D eigenvalue weighted by atomic mass is 9.85. The van der Waals surface area contributed by atoms with Crippen molar-refractivity contribution in [2.75, 3.05) is 5.88 Å². The first kappa shape index (κ1) is 10.1. The van der Waals surface area contributed by atoms with E-state index in [-0.39, 0.29) is 5.88 Å². The van der Waals surface area contributed by atoms with Gasteiger partial charge >= 0.3 is 5.97 Å². The molecule has 0 amide bonds. The number of rotatable bonds is 3. The Hall–Kier alpha value is -1.02. The Morgan fingerprint density at radius 3 is 2.38 bits per heavy atom. The van der Waals surface area contributed by atoms with Crippen molar-refractivity contribution in [3.8, 4) is 0 Å². The van der Waals surface area contributed by atoms with Crippen molar-refractivity contribution >= 4 is 17.6 Å². The molecule has 0 aliphatic heterocycles. The molecular formula is C10H11ClO2. The van der Waals surface area contributed by atoms with Crippen molar-refractivity contribution in [3.63, 3.8) is 0 Å². The summed E-state index contributed by atoms with van der Waals surface area (Å²) in [5, 5.41) is 9.00. The van der Waals surface area contributed by atoms with Gasteiger partial charge in [-0.3, -0.25) is 4.79 Å². The van der Waals surface area contributed by atoms with Gasteiger partial charge in [0.05, 0.1) is 0 Å². The third-order valence-corrected chi connectivity index (χ3v) is 2.68. The first-order valence-corrected chi connectivity index (χ1v) is 4.49. The van der Waals surface area contributed by atoms with Crippen LogP contribution in [0.1, 0.15) is 12.5 Å². The summed E-state index contributed by atoms with van der Waals surface area (Å²) in [5.41, 5.74) is -0.250. The zero-order chi connectivity index (χ0) is 9.90. The highest BCUT2D eigenvalue weighted by Crippen LogP contribution is 2.25. The minimum Gasteiger partial charge on any atom is -0.481 e. The maximum Gasteiger partial charge on any atom is 0.315 e. The van der Waals surface area contributed by atoms with E-state index in [2.05, 4.69) is 0 Å². The topological polar surface area (TPSA) is 37.3 Å². The van der Waals surface area contributed by atoms with E-state index in [9.17, 15) is 4.79 Å². The normalized spacial score (nSPS) is 14.9. The summed E-state index contributed by atoms with van der Waals surface area (Å²) in [6.45, 7) is 1.62. The van der Waals surface area contributed by atoms with Crippen LogP contribution in [0.15, 0.2) is 30.3 Å². The second-order valence-corrected chi connectivity index (χ2v) is 3.40. The Morgan fingerprint density at radius 1 is 1.46 bits per heavy atom. The van der Waals surface area contributed by atoms with E-state index in [4.69, 9.17) is 16.7 Å². The van der Waals surface area contributed by atoms with Gasteiger partial charge in [0.25, 0.3) is 0 Å². The molecule has 70 valence electrons. The van der Waals surface area contributed by atoms with Crippen LogP contribution in [0.4, 0.5) is 0 Å². The lowest BCUT2D eigenvalue weighted by Crippen LogP contribution is -2.34. The Bertz CT molecular complexity index is 297. The van der Waals surface area contributed by atoms with Gasteiger partial charge in [-0.25, -0.2) is 0 Å². The molecule has 0 fully saturated rings. The number of alkyl halides is 1. The molecule has 0 saturated carbocycles. The largest absolute Gasteiger partial charge is 0.481 e. The number of carbonyl (C=O) groups is 1. The van der Waals surface area contributed by atoms with Gasteiger partial charge < -0.3 is 5.11 Å². The zero-order valence-corrected chi connectivity index (χ0v) is 8.08. The number of benzene rings is 1. The van der Waals surface area contributed by atoms with Gasteiger partial charge in [0.1, 0.15) is 5.41 Å². The monoisotopic (exact) mass is 198 g/mol. The smallest absolute Gasteiger partial charge is 0.315 e. The van der Waals surface area contributed by atoms with Crippen LogP contribution in [0.2, 0.25) is 0 Å². The van der Waals surface area contributed by atoms with Crippen LogP contribution in [0.25, 0.3) is 0 Å². The van der Waals surface area contributed by atoms with Crippen molar-refractivity contribution < 1.29 is 9.90 Å². The zero-order valence-electron chi connectivity index (χ0n) is 7.33. The van der Waals surface area contributed by atoms with E-state index in [0.717, 1.165) is 5.56 Å². The van der Waals surface area contributed by atoms with Crippen LogP contribution in [-0.2, 0) is 10.2 Å². The van der Waals surface area contributed by atoms with Gasteiger partial charge in [0.2, 0.25) is 0 Å². The number of hydrogen-bond donors (Lipinski definition) is 1. The van der Waals surface area contributed by atoms with Crippen molar-refractivity contribution in [1.82, 2.24) is 0 Å². The third kappa shape index (κ3) is 1.83. The Morgan fingerprint density at radius 2 is 2.00 bits per heavy atom. The first-order chi connectivity index (χ1) is 6.11. The SMILES string of the molecule is C[C@](CCl)(C(=O)O)c1ccccc1. The van der Waals surface area contributed by atoms with Crippen LogP contribution in [0, 0.1) is 0 Å². The summed E-state index contributed by atoms with van der Waals surface area (Å²) in [7, 11) is 0. The molecule has 0 spiro atoms. The van der Waals surface area contributed by atoms with E-state index in [0.29, 0.717) is 0 Å². The number of halogens is 1. The molecule has 0 radical (unpaired) electrons. The fraction of sp³-hybridized carbons (Fsp3) is 0.300. The van der Waals surface area contributed by atoms with Crippen molar-refractivity contribution in [2.24, 2.45) is 0 Å². The summed E-state index contributed by atoms with van der Waals surface area (Å²) in [5.74, 6) is -0.819. The summed E-state index contributed by atoms with van der Waals surface area (Å²) in [6, 6.07) is 9.01. The minimum atomic E-state index is -0.983. The van der Waals surface area contributed by atoms with Gasteiger partial charge in [-0.05, 0) is 12.5 Å². The van der Waals surface area contributed by atoms with Crippen molar-refractivity contribution in [3.05, 3.63) is 35.9 Å². The molecular weight excluding hydrogens is 188 g/mol. The Labute approximate surface area is 82.2 Å². The number of carboxylic acid groups (broad SMARTS) is 1. The quantitative estimate of drug-likeness (QED) is 0.757. The molecule has 2 nitrogen and oxygen atoms in total. The fourth-order valence-corrected chi connectivity index (χ4v) is 1.33. The van der Waals surface area contributed by atoms with E-state index >= 15 is 0 Å². The van der Waals surface area contributed by atoms with Crippen LogP contribution in [0.3, 0.4) is 0 Å². The fourth-order valence-electron chi connectivity index (χ4n) is 1.06. The van der Waals surface area contributed by atoms with Gasteiger partial charge in [0, 0.05) is 5.88 Å². The molecule has 1 aromatic rings. The molecule has 0 unspecified atom stereocenters. The van der Waals surface area contributed by atoms with Gasteiger partial charge in [-0.2, -0.15) is 0 Å². The molecule has 0 saturated heterocycles. The van der Waals surface area contributed by atoms with Crippen LogP contribution < -0.4 is 0 Å². The predicted octanol–water partition coefficient (Wildman–Crippen LogP) is 2.27. The summed E-state index contributed by atoms with van der Waals surface area (Å²) in [4.78, 5) is 11.0. The maximum absolute atomic E-state index is 11.0. The standard InChI is InChI=1S/C10H11ClO2/c1-10(7-11,9(12)13)8-5-3-2-4-6-8/h2-6H,7H2,1H3,(H,12,13)/t10-/m1/s1. The molecule has 1 N–H and O–H groups in total. The lowest BCUT2D eigenvalue weighted by molar-refractivity contribution is -0.142. The average Bonchev–Trinajstić information content (AvgIpc) is 2.17. The lowest BCUT2D eigenvalue weighted by Gasteiger charge is -2.21. The number of hydrogen-bond acceptors (Lipinski definition) is 1. The highest BCUT2D eigenvalue weighted by atomic mass is 35.5. The van der Waals surface area contributed by atoms with Gasteiger partial charge in [-0.15, -0.1) is 11.6 Å². The number of carboxylic acids is 1. The molecule has 0 heterocycles. The molecule has 1 rings (SSSR count). The number of aliphatic carboxylic acids is 1. The van der Waals surface area contributed by atoms with Crippen LogP contribution >= 0.6 is 11.6 Å². The molecule has 1 aromatic carbocycles. The van der Waals surface area contributed by atoms with E-state index in [1.807, 2.05) is 18.2 Å². The molecule has 0 aromatic heterocycles. The van der Waals surface area contributed by atoms with Crippen LogP contribution in [-0.4, -0.2) is 17.0 Å². The van der Waals surface area contributed by atoms with Crippen molar-refractivity contribution in [2.45, 2.75) is 12.3 Å². The minimum absolute atomic E-state index is 0.0757. The summed E-state index contributed by atoms with van der Waals surface area (Å²) in [6.07, 6.45) is 0. The second-order valence-electron chi connectivity index (χ2n) is 3.14. The van der Waals surface area contributed by atoms with E-state index in [1.54, 1.807) is 19.1 Å². The van der Waals surface area contributed by atoms with E-state index < -0.39 is 11.4 Å². The highest BCUT2D eigenvalue weighted by Gasteiger charge is 2.33. The molecule has 0 aliphatic carbocycles. The van der Waals surface area contributed by atoms with Crippen molar-refractivity contribution in [1.29, 1.82) is 0 Å². The second kappa shape index (κ2) is 3.79. The molecule has 0 aliphatic rings. The summed E-state index contributed by atoms with van der Waals surface area (Å²) < 4.78 is 0. The predicted molar refractivity (Wildman–Crippen MR) is 52.1 cm³/mol. The third-order valence-electron chi connectivity index (χ3n) is 2.15. The Kier molecular flexibility index (Phi) is 2.94. The highest BCUT2D eigenvalue weighted by molar-refractivity contribution is 6.20.